The van der Waals surface area contributed by atoms with Crippen molar-refractivity contribution in [1.29, 1.82) is 0 Å². The van der Waals surface area contributed by atoms with E-state index in [1.165, 1.54) is 0 Å². The molecule has 1 aromatic heterocycles. The standard InChI is InChI=1S/C113H151N19O18/c1-12-13-14-36-54-115-102(136)97(69-100(134)149-72-84-48-32-20-33-49-84)127-113(147)98(70-101(135)150-73-85-50-34-21-35-51-85)128-107(141)91(63-78(10)11)121-105(139)89(61-76(6)7)119-103(137)87(59-74(2)3)118-104(138)88(60-75(4)5)120-106(140)90(62-77(8)9)122-109(143)93(65-80-40-24-16-25-41-80)124-111(145)95(67-82-44-28-18-29-45-82)126-112(146)96(68-83-46-30-19-31-47-83)125-110(144)94(66-81-42-26-17-27-43-81)123-108(142)92(64-79-38-22-15-23-39-79)117-99(133)53-37-52-86-71-132(131-129-86)56-58-148-57-55-116-130-114/h15-35,38-51,71,74-78,87-98H,12-14,36-37,52-70,72-73H2,1-11H3,(H,115,136)(H,117,133)(H,118,138)(H,119,137)(H,120,140)(H,121,139)(H,122,143)(H,123,142)(H,124,145)(H,125,144)(H,126,146)(H,127,147)(H,128,141)/t87-,88-,89-,90-,91-,92+,93+,94+,95+,96+,97-,98+/m0/s1. The predicted molar refractivity (Wildman–Crippen MR) is 568 cm³/mol. The van der Waals surface area contributed by atoms with E-state index in [-0.39, 0.29) is 133 Å². The fourth-order valence-corrected chi connectivity index (χ4v) is 16.7. The Morgan fingerprint density at radius 2 is 0.600 bits per heavy atom. The van der Waals surface area contributed by atoms with Gasteiger partial charge in [0.1, 0.15) is 85.7 Å². The number of hydrogen-bond donors (Lipinski definition) is 13. The van der Waals surface area contributed by atoms with Gasteiger partial charge in [0, 0.05) is 62.7 Å². The zero-order valence-electron chi connectivity index (χ0n) is 88.0. The van der Waals surface area contributed by atoms with Crippen LogP contribution < -0.4 is 69.1 Å². The Labute approximate surface area is 879 Å². The van der Waals surface area contributed by atoms with Crippen molar-refractivity contribution in [1.82, 2.24) is 84.1 Å². The number of azide groups is 1. The fourth-order valence-electron chi connectivity index (χ4n) is 16.7. The molecule has 150 heavy (non-hydrogen) atoms. The van der Waals surface area contributed by atoms with Crippen LogP contribution in [0.15, 0.2) is 224 Å². The second-order valence-corrected chi connectivity index (χ2v) is 39.8. The van der Waals surface area contributed by atoms with Gasteiger partial charge in [-0.15, -0.1) is 5.10 Å². The molecule has 0 radical (unpaired) electrons. The van der Waals surface area contributed by atoms with Crippen LogP contribution in [-0.2, 0) is 144 Å². The molecule has 37 nitrogen and oxygen atoms in total. The molecule has 7 aromatic carbocycles. The van der Waals surface area contributed by atoms with Crippen LogP contribution in [0.4, 0.5) is 0 Å². The summed E-state index contributed by atoms with van der Waals surface area (Å²) in [6.45, 7) is 21.2. The van der Waals surface area contributed by atoms with Crippen LogP contribution in [0.5, 0.6) is 0 Å². The normalized spacial score (nSPS) is 13.6. The van der Waals surface area contributed by atoms with Gasteiger partial charge in [0.05, 0.1) is 38.3 Å². The first kappa shape index (κ1) is 120. The van der Waals surface area contributed by atoms with Gasteiger partial charge < -0.3 is 83.3 Å². The minimum absolute atomic E-state index is 0.00390. The molecule has 0 bridgehead atoms. The molecule has 12 atom stereocenters. The Balaban J connectivity index is 1.00. The van der Waals surface area contributed by atoms with E-state index in [0.717, 1.165) is 19.3 Å². The molecule has 0 aliphatic rings. The smallest absolute Gasteiger partial charge is 0.308 e. The van der Waals surface area contributed by atoms with Crippen molar-refractivity contribution in [2.45, 2.75) is 290 Å². The van der Waals surface area contributed by atoms with Gasteiger partial charge in [-0.1, -0.05) is 318 Å². The number of aryl methyl sites for hydroxylation is 1. The molecule has 8 rings (SSSR count). The van der Waals surface area contributed by atoms with E-state index >= 15 is 38.4 Å². The summed E-state index contributed by atoms with van der Waals surface area (Å²) >= 11 is 0. The molecule has 0 fully saturated rings. The summed E-state index contributed by atoms with van der Waals surface area (Å²) in [5.74, 6) is -13.5. The number of nitrogens with one attached hydrogen (secondary N) is 13. The van der Waals surface area contributed by atoms with Gasteiger partial charge in [-0.25, -0.2) is 4.68 Å². The summed E-state index contributed by atoms with van der Waals surface area (Å²) in [6.07, 6.45) is 3.82. The van der Waals surface area contributed by atoms with Crippen molar-refractivity contribution in [2.75, 3.05) is 26.3 Å². The lowest BCUT2D eigenvalue weighted by Crippen LogP contribution is -2.61. The van der Waals surface area contributed by atoms with E-state index in [2.05, 4.69) is 89.5 Å². The van der Waals surface area contributed by atoms with Gasteiger partial charge in [0.25, 0.3) is 0 Å². The minimum atomic E-state index is -1.76. The number of carbonyl (C=O) groups is 15. The maximum absolute atomic E-state index is 15.6. The third-order valence-corrected chi connectivity index (χ3v) is 24.4. The summed E-state index contributed by atoms with van der Waals surface area (Å²) in [4.78, 5) is 225. The molecule has 37 heteroatoms. The average Bonchev–Trinajstić information content (AvgIpc) is 1.15. The number of rotatable bonds is 67. The Bertz CT molecular complexity index is 5610. The van der Waals surface area contributed by atoms with Crippen LogP contribution in [0.25, 0.3) is 10.4 Å². The van der Waals surface area contributed by atoms with Crippen LogP contribution in [0.1, 0.15) is 204 Å². The molecule has 0 spiro atoms. The molecule has 8 aromatic rings. The topological polar surface area (TPSA) is 520 Å². The first-order valence-electron chi connectivity index (χ1n) is 52.0. The Morgan fingerprint density at radius 1 is 0.327 bits per heavy atom. The number of ether oxygens (including phenoxy) is 3. The van der Waals surface area contributed by atoms with Crippen LogP contribution >= 0.6 is 0 Å². The minimum Gasteiger partial charge on any atom is -0.461 e. The molecule has 13 amide bonds. The van der Waals surface area contributed by atoms with Gasteiger partial charge >= 0.3 is 11.9 Å². The molecular formula is C113H151N19O18. The predicted octanol–water partition coefficient (Wildman–Crippen LogP) is 10.2. The number of carbonyl (C=O) groups excluding carboxylic acids is 15. The van der Waals surface area contributed by atoms with Crippen LogP contribution in [0, 0.1) is 29.6 Å². The quantitative estimate of drug-likeness (QED) is 0.00554. The van der Waals surface area contributed by atoms with Gasteiger partial charge in [-0.3, -0.25) is 71.9 Å². The van der Waals surface area contributed by atoms with E-state index < -0.39 is 174 Å². The Kier molecular flexibility index (Phi) is 52.6. The summed E-state index contributed by atoms with van der Waals surface area (Å²) in [5.41, 5.74) is 13.6. The van der Waals surface area contributed by atoms with E-state index in [9.17, 15) is 33.6 Å². The number of aromatic nitrogens is 3. The zero-order chi connectivity index (χ0) is 109. The van der Waals surface area contributed by atoms with E-state index in [4.69, 9.17) is 19.7 Å². The van der Waals surface area contributed by atoms with Crippen molar-refractivity contribution in [3.05, 3.63) is 274 Å². The average molecular weight is 2060 g/mol. The van der Waals surface area contributed by atoms with Crippen LogP contribution in [-0.4, -0.2) is 203 Å². The maximum Gasteiger partial charge on any atom is 0.308 e. The molecule has 0 unspecified atom stereocenters. The lowest BCUT2D eigenvalue weighted by molar-refractivity contribution is -0.149. The number of amides is 13. The Hall–Kier alpha value is -15.0. The van der Waals surface area contributed by atoms with Crippen molar-refractivity contribution >= 4 is 88.7 Å². The van der Waals surface area contributed by atoms with E-state index in [1.54, 1.807) is 219 Å². The molecule has 0 aliphatic carbocycles. The lowest BCUT2D eigenvalue weighted by Gasteiger charge is -2.30. The third kappa shape index (κ3) is 45.8. The van der Waals surface area contributed by atoms with Gasteiger partial charge in [0.15, 0.2) is 0 Å². The SMILES string of the molecule is CCCCCCNC(=O)[C@H](CC(=O)OCc1ccccc1)NC(=O)[C@@H](CC(=O)OCc1ccccc1)NC(=O)[C@H](CC(C)C)NC(=O)[C@H](CC(C)C)NC(=O)[C@H](CC(C)C)NC(=O)[C@H](CC(C)C)NC(=O)[C@H](CC(C)C)NC(=O)[C@@H](Cc1ccccc1)NC(=O)[C@@H](Cc1ccccc1)NC(=O)[C@@H](Cc1ccccc1)NC(=O)[C@@H](Cc1ccccc1)NC(=O)[C@@H](Cc1ccccc1)NC(=O)CCCc1cn(CCOCCN=[N+]=[N-])nn1. The fraction of sp³-hybridized carbons (Fsp3) is 0.478. The number of unbranched alkanes of at least 4 members (excludes halogenated alkanes) is 3. The van der Waals surface area contributed by atoms with Gasteiger partial charge in [-0.05, 0) is 125 Å². The summed E-state index contributed by atoms with van der Waals surface area (Å²) < 4.78 is 18.2. The van der Waals surface area contributed by atoms with Crippen molar-refractivity contribution in [2.24, 2.45) is 34.7 Å². The first-order chi connectivity index (χ1) is 72.1. The zero-order valence-corrected chi connectivity index (χ0v) is 88.0. The number of hydrogen-bond acceptors (Lipinski definition) is 21. The first-order valence-corrected chi connectivity index (χ1v) is 52.0. The number of esters is 2. The number of benzene rings is 7. The maximum atomic E-state index is 15.6. The highest BCUT2D eigenvalue weighted by molar-refractivity contribution is 6.01. The highest BCUT2D eigenvalue weighted by atomic mass is 16.5. The van der Waals surface area contributed by atoms with Crippen molar-refractivity contribution < 1.29 is 86.1 Å². The molecule has 806 valence electrons. The lowest BCUT2D eigenvalue weighted by atomic mass is 9.97. The summed E-state index contributed by atoms with van der Waals surface area (Å²) in [5, 5.41) is 48.7. The van der Waals surface area contributed by atoms with Crippen LogP contribution in [0.3, 0.4) is 0 Å². The second kappa shape index (κ2) is 65.7. The largest absolute Gasteiger partial charge is 0.461 e. The summed E-state index contributed by atoms with van der Waals surface area (Å²) in [7, 11) is 0. The second-order valence-electron chi connectivity index (χ2n) is 39.8. The third-order valence-electron chi connectivity index (χ3n) is 24.4. The van der Waals surface area contributed by atoms with Gasteiger partial charge in [0.2, 0.25) is 76.8 Å². The molecule has 0 saturated heterocycles. The van der Waals surface area contributed by atoms with Crippen molar-refractivity contribution in [3.8, 4) is 0 Å². The van der Waals surface area contributed by atoms with E-state index in [0.29, 0.717) is 77.1 Å². The van der Waals surface area contributed by atoms with Gasteiger partial charge in [-0.2, -0.15) is 0 Å². The summed E-state index contributed by atoms with van der Waals surface area (Å²) in [6, 6.07) is 44.7. The van der Waals surface area contributed by atoms with Crippen LogP contribution in [0.2, 0.25) is 0 Å². The highest BCUT2D eigenvalue weighted by Gasteiger charge is 2.40. The van der Waals surface area contributed by atoms with E-state index in [1.807, 2.05) is 80.5 Å². The Morgan fingerprint density at radius 3 is 0.900 bits per heavy atom. The molecule has 0 saturated carbocycles. The molecule has 13 N–H and O–H groups in total. The van der Waals surface area contributed by atoms with Crippen molar-refractivity contribution in [3.63, 3.8) is 0 Å². The monoisotopic (exact) mass is 2060 g/mol. The number of nitrogens with zero attached hydrogens (tertiary/aromatic N) is 6. The molecule has 1 heterocycles. The highest BCUT2D eigenvalue weighted by Crippen LogP contribution is 2.21. The molecule has 0 aliphatic heterocycles. The molecular weight excluding hydrogens is 1910 g/mol.